The normalized spacial score (nSPS) is 15.3. The maximum atomic E-state index is 12.9. The topological polar surface area (TPSA) is 100 Å². The highest BCUT2D eigenvalue weighted by Gasteiger charge is 2.32. The van der Waals surface area contributed by atoms with E-state index in [0.29, 0.717) is 17.7 Å². The Morgan fingerprint density at radius 2 is 1.88 bits per heavy atom. The lowest BCUT2D eigenvalue weighted by molar-refractivity contribution is -0.143. The predicted molar refractivity (Wildman–Crippen MR) is 122 cm³/mol. The van der Waals surface area contributed by atoms with E-state index in [2.05, 4.69) is 29.6 Å². The number of hydroxylamine groups is 1. The first-order valence-electron chi connectivity index (χ1n) is 10.8. The second-order valence-electron chi connectivity index (χ2n) is 8.69. The van der Waals surface area contributed by atoms with E-state index in [1.807, 2.05) is 24.3 Å². The Morgan fingerprint density at radius 1 is 1.16 bits per heavy atom. The number of carbonyl (C=O) groups is 2. The van der Waals surface area contributed by atoms with Crippen molar-refractivity contribution in [3.05, 3.63) is 70.6 Å². The number of hydrogen-bond acceptors (Lipinski definition) is 5. The average Bonchev–Trinajstić information content (AvgIpc) is 3.66. The molecule has 0 spiro atoms. The molecule has 1 aromatic heterocycles. The Morgan fingerprint density at radius 3 is 2.53 bits per heavy atom. The summed E-state index contributed by atoms with van der Waals surface area (Å²) in [5, 5.41) is 13.8. The molecule has 0 aliphatic heterocycles. The summed E-state index contributed by atoms with van der Waals surface area (Å²) in [4.78, 5) is 36.0. The van der Waals surface area contributed by atoms with E-state index < -0.39 is 11.3 Å². The van der Waals surface area contributed by atoms with Crippen LogP contribution in [0.4, 0.5) is 0 Å². The molecule has 32 heavy (non-hydrogen) atoms. The zero-order valence-electron chi connectivity index (χ0n) is 18.0. The van der Waals surface area contributed by atoms with Crippen LogP contribution in [0, 0.1) is 5.41 Å². The minimum Gasteiger partial charge on any atom is -0.315 e. The Labute approximate surface area is 186 Å². The van der Waals surface area contributed by atoms with Gasteiger partial charge in [-0.3, -0.25) is 14.8 Å². The van der Waals surface area contributed by atoms with Gasteiger partial charge in [-0.2, -0.15) is 0 Å². The third-order valence-corrected chi connectivity index (χ3v) is 6.19. The Balaban J connectivity index is 1.52. The maximum Gasteiger partial charge on any atom is 0.258 e. The molecule has 3 aromatic rings. The summed E-state index contributed by atoms with van der Waals surface area (Å²) in [6, 6.07) is 16.7. The van der Waals surface area contributed by atoms with Crippen LogP contribution in [-0.4, -0.2) is 28.0 Å². The maximum absolute atomic E-state index is 12.9. The van der Waals surface area contributed by atoms with E-state index in [0.717, 1.165) is 23.1 Å². The summed E-state index contributed by atoms with van der Waals surface area (Å²) in [5.41, 5.74) is 3.29. The fourth-order valence-corrected chi connectivity index (χ4v) is 3.71. The van der Waals surface area contributed by atoms with Gasteiger partial charge in [-0.1, -0.05) is 30.3 Å². The smallest absolute Gasteiger partial charge is 0.258 e. The molecule has 1 aliphatic rings. The highest BCUT2D eigenvalue weighted by molar-refractivity contribution is 5.95. The number of carbonyl (C=O) groups excluding carboxylic acids is 2. The van der Waals surface area contributed by atoms with Gasteiger partial charge in [0, 0.05) is 30.7 Å². The van der Waals surface area contributed by atoms with E-state index in [1.165, 1.54) is 35.4 Å². The number of fused-ring (bicyclic) bond motifs is 1. The van der Waals surface area contributed by atoms with Crippen LogP contribution in [0.15, 0.2) is 59.5 Å². The number of benzene rings is 2. The minimum absolute atomic E-state index is 0.0916. The lowest BCUT2D eigenvalue weighted by atomic mass is 9.87. The Kier molecular flexibility index (Phi) is 6.21. The number of aldehydes is 1. The van der Waals surface area contributed by atoms with Crippen molar-refractivity contribution < 1.29 is 14.8 Å². The zero-order chi connectivity index (χ0) is 22.7. The second kappa shape index (κ2) is 9.06. The molecule has 1 atom stereocenters. The molecule has 0 bridgehead atoms. The monoisotopic (exact) mass is 433 g/mol. The number of amides is 1. The van der Waals surface area contributed by atoms with Crippen molar-refractivity contribution in [2.24, 2.45) is 5.41 Å². The van der Waals surface area contributed by atoms with Gasteiger partial charge in [-0.15, -0.1) is 0 Å². The van der Waals surface area contributed by atoms with Gasteiger partial charge in [0.05, 0.1) is 0 Å². The first-order chi connectivity index (χ1) is 15.4. The molecule has 1 saturated carbocycles. The number of aryl methyl sites for hydroxylation is 1. The van der Waals surface area contributed by atoms with Gasteiger partial charge in [-0.05, 0) is 66.5 Å². The molecule has 2 aromatic carbocycles. The summed E-state index contributed by atoms with van der Waals surface area (Å²) >= 11 is 0. The van der Waals surface area contributed by atoms with Crippen molar-refractivity contribution in [1.29, 1.82) is 0 Å². The summed E-state index contributed by atoms with van der Waals surface area (Å²) in [6.45, 7) is 2.48. The van der Waals surface area contributed by atoms with Crippen molar-refractivity contribution in [2.75, 3.05) is 0 Å². The largest absolute Gasteiger partial charge is 0.315 e. The van der Waals surface area contributed by atoms with Crippen LogP contribution < -0.4 is 16.4 Å². The minimum atomic E-state index is -1.41. The van der Waals surface area contributed by atoms with Gasteiger partial charge in [0.2, 0.25) is 0 Å². The van der Waals surface area contributed by atoms with Gasteiger partial charge in [0.1, 0.15) is 11.7 Å². The number of hydrogen-bond donors (Lipinski definition) is 3. The van der Waals surface area contributed by atoms with Crippen LogP contribution in [0.25, 0.3) is 21.9 Å². The summed E-state index contributed by atoms with van der Waals surface area (Å²) < 4.78 is 1.48. The van der Waals surface area contributed by atoms with Gasteiger partial charge in [-0.25, -0.2) is 5.48 Å². The molecule has 7 heteroatoms. The average molecular weight is 434 g/mol. The molecule has 1 amide bonds. The molecule has 7 nitrogen and oxygen atoms in total. The molecule has 4 rings (SSSR count). The molecule has 0 radical (unpaired) electrons. The second-order valence-corrected chi connectivity index (χ2v) is 8.69. The zero-order valence-corrected chi connectivity index (χ0v) is 18.0. The van der Waals surface area contributed by atoms with Crippen LogP contribution >= 0.6 is 0 Å². The fraction of sp³-hybridized carbons (Fsp3) is 0.320. The summed E-state index contributed by atoms with van der Waals surface area (Å²) in [7, 11) is 0. The Hall–Kier alpha value is -3.29. The molecule has 1 fully saturated rings. The molecule has 0 unspecified atom stereocenters. The van der Waals surface area contributed by atoms with E-state index in [-0.39, 0.29) is 18.5 Å². The van der Waals surface area contributed by atoms with Gasteiger partial charge in [0.15, 0.2) is 0 Å². The summed E-state index contributed by atoms with van der Waals surface area (Å²) in [6.07, 6.45) is 4.79. The lowest BCUT2D eigenvalue weighted by Gasteiger charge is -2.20. The summed E-state index contributed by atoms with van der Waals surface area (Å²) in [5.74, 6) is -0.791. The molecular weight excluding hydrogens is 406 g/mol. The number of nitrogens with one attached hydrogen (secondary N) is 2. The number of aromatic nitrogens is 1. The molecule has 0 saturated heterocycles. The van der Waals surface area contributed by atoms with Crippen LogP contribution in [0.5, 0.6) is 0 Å². The van der Waals surface area contributed by atoms with Gasteiger partial charge < -0.3 is 14.7 Å². The standard InChI is InChI=1S/C25H27N3O4/c1-25(16-29,24(31)27-32)11-13-28-12-10-20-14-19(6-9-22(20)23(28)30)18-4-2-17(3-5-18)15-26-21-7-8-21/h2-6,9-10,12,14,16,21,26,32H,7-8,11,13,15H2,1H3,(H,27,31)/t25-/m0/s1. The van der Waals surface area contributed by atoms with Crippen molar-refractivity contribution in [2.45, 2.75) is 45.3 Å². The molecule has 166 valence electrons. The van der Waals surface area contributed by atoms with E-state index >= 15 is 0 Å². The predicted octanol–water partition coefficient (Wildman–Crippen LogP) is 3.02. The SMILES string of the molecule is C[C@@](C=O)(CCn1ccc2cc(-c3ccc(CNC4CC4)cc3)ccc2c1=O)C(=O)NO. The van der Waals surface area contributed by atoms with E-state index in [4.69, 9.17) is 5.21 Å². The van der Waals surface area contributed by atoms with Gasteiger partial charge >= 0.3 is 0 Å². The highest BCUT2D eigenvalue weighted by atomic mass is 16.5. The molecule has 1 aliphatic carbocycles. The van der Waals surface area contributed by atoms with Gasteiger partial charge in [0.25, 0.3) is 11.5 Å². The van der Waals surface area contributed by atoms with Crippen molar-refractivity contribution in [1.82, 2.24) is 15.4 Å². The number of pyridine rings is 1. The third-order valence-electron chi connectivity index (χ3n) is 6.19. The number of rotatable bonds is 9. The van der Waals surface area contributed by atoms with E-state index in [1.54, 1.807) is 6.20 Å². The Bertz CT molecular complexity index is 1200. The first-order valence-corrected chi connectivity index (χ1v) is 10.8. The van der Waals surface area contributed by atoms with Crippen LogP contribution in [0.2, 0.25) is 0 Å². The fourth-order valence-electron chi connectivity index (χ4n) is 3.71. The first kappa shape index (κ1) is 21.9. The van der Waals surface area contributed by atoms with Crippen LogP contribution in [-0.2, 0) is 22.7 Å². The van der Waals surface area contributed by atoms with Crippen molar-refractivity contribution in [3.8, 4) is 11.1 Å². The van der Waals surface area contributed by atoms with Crippen LogP contribution in [0.1, 0.15) is 31.7 Å². The van der Waals surface area contributed by atoms with Crippen LogP contribution in [0.3, 0.4) is 0 Å². The molecule has 3 N–H and O–H groups in total. The number of nitrogens with zero attached hydrogens (tertiary/aromatic N) is 1. The highest BCUT2D eigenvalue weighted by Crippen LogP contribution is 2.25. The third kappa shape index (κ3) is 4.64. The molecule has 1 heterocycles. The molecular formula is C25H27N3O4. The van der Waals surface area contributed by atoms with Crippen molar-refractivity contribution in [3.63, 3.8) is 0 Å². The van der Waals surface area contributed by atoms with Crippen molar-refractivity contribution >= 4 is 23.0 Å². The lowest BCUT2D eigenvalue weighted by Crippen LogP contribution is -2.39. The van der Waals surface area contributed by atoms with E-state index in [9.17, 15) is 14.4 Å². The quantitative estimate of drug-likeness (QED) is 0.208.